The van der Waals surface area contributed by atoms with Crippen LogP contribution in [0.2, 0.25) is 0 Å². The number of hydrogen-bond acceptors (Lipinski definition) is 2. The third-order valence-electron chi connectivity index (χ3n) is 2.89. The summed E-state index contributed by atoms with van der Waals surface area (Å²) in [4.78, 5) is 13.8. The fourth-order valence-corrected chi connectivity index (χ4v) is 1.71. The molecule has 0 radical (unpaired) electrons. The van der Waals surface area contributed by atoms with Gasteiger partial charge < -0.3 is 4.90 Å². The second-order valence-corrected chi connectivity index (χ2v) is 4.42. The Hall–Kier alpha value is -1.31. The first-order valence-electron chi connectivity index (χ1n) is 5.86. The molecule has 0 N–H and O–H groups in total. The Morgan fingerprint density at radius 3 is 2.25 bits per heavy atom. The van der Waals surface area contributed by atoms with E-state index in [0.717, 1.165) is 12.0 Å². The number of anilines is 1. The van der Waals surface area contributed by atoms with Crippen LogP contribution in [0.15, 0.2) is 24.3 Å². The molecule has 0 saturated heterocycles. The molecular weight excluding hydrogens is 198 g/mol. The molecule has 2 heteroatoms. The van der Waals surface area contributed by atoms with Gasteiger partial charge in [-0.2, -0.15) is 0 Å². The Kier molecular flexibility index (Phi) is 4.53. The molecule has 1 unspecified atom stereocenters. The van der Waals surface area contributed by atoms with Gasteiger partial charge in [-0.15, -0.1) is 0 Å². The summed E-state index contributed by atoms with van der Waals surface area (Å²) < 4.78 is 0. The summed E-state index contributed by atoms with van der Waals surface area (Å²) in [5, 5.41) is 0. The van der Waals surface area contributed by atoms with E-state index in [1.54, 1.807) is 0 Å². The van der Waals surface area contributed by atoms with Crippen LogP contribution in [0.5, 0.6) is 0 Å². The smallest absolute Gasteiger partial charge is 0.140 e. The molecule has 16 heavy (non-hydrogen) atoms. The van der Waals surface area contributed by atoms with Crippen molar-refractivity contribution < 1.29 is 4.79 Å². The second kappa shape index (κ2) is 5.69. The first-order valence-corrected chi connectivity index (χ1v) is 5.86. The van der Waals surface area contributed by atoms with Gasteiger partial charge in [-0.25, -0.2) is 0 Å². The van der Waals surface area contributed by atoms with Crippen LogP contribution < -0.4 is 4.90 Å². The van der Waals surface area contributed by atoms with Gasteiger partial charge in [0.2, 0.25) is 0 Å². The molecule has 0 heterocycles. The third-order valence-corrected chi connectivity index (χ3v) is 2.89. The fraction of sp³-hybridized carbons (Fsp3) is 0.500. The van der Waals surface area contributed by atoms with Crippen molar-refractivity contribution >= 4 is 11.5 Å². The topological polar surface area (TPSA) is 20.3 Å². The molecule has 1 rings (SSSR count). The summed E-state index contributed by atoms with van der Waals surface area (Å²) in [6.45, 7) is 4.03. The fourth-order valence-electron chi connectivity index (χ4n) is 1.71. The Labute approximate surface area is 98.3 Å². The molecule has 0 aliphatic rings. The minimum atomic E-state index is 0.0242. The molecule has 0 spiro atoms. The van der Waals surface area contributed by atoms with E-state index in [9.17, 15) is 4.79 Å². The van der Waals surface area contributed by atoms with Crippen LogP contribution in [0, 0.1) is 0 Å². The van der Waals surface area contributed by atoms with Crippen molar-refractivity contribution in [1.82, 2.24) is 0 Å². The van der Waals surface area contributed by atoms with E-state index in [0.29, 0.717) is 12.2 Å². The van der Waals surface area contributed by atoms with Crippen molar-refractivity contribution in [2.75, 3.05) is 19.0 Å². The van der Waals surface area contributed by atoms with Crippen molar-refractivity contribution in [2.24, 2.45) is 0 Å². The lowest BCUT2D eigenvalue weighted by atomic mass is 9.94. The first-order chi connectivity index (χ1) is 7.56. The quantitative estimate of drug-likeness (QED) is 0.757. The summed E-state index contributed by atoms with van der Waals surface area (Å²) >= 11 is 0. The summed E-state index contributed by atoms with van der Waals surface area (Å²) in [6.07, 6.45) is 1.61. The molecule has 0 aliphatic heterocycles. The normalized spacial score (nSPS) is 12.2. The van der Waals surface area contributed by atoms with E-state index >= 15 is 0 Å². The van der Waals surface area contributed by atoms with Crippen molar-refractivity contribution in [3.8, 4) is 0 Å². The molecule has 2 nitrogen and oxygen atoms in total. The van der Waals surface area contributed by atoms with Gasteiger partial charge in [-0.1, -0.05) is 26.0 Å². The summed E-state index contributed by atoms with van der Waals surface area (Å²) in [6, 6.07) is 8.22. The van der Waals surface area contributed by atoms with Crippen molar-refractivity contribution in [1.29, 1.82) is 0 Å². The second-order valence-electron chi connectivity index (χ2n) is 4.42. The van der Waals surface area contributed by atoms with Gasteiger partial charge in [0, 0.05) is 32.1 Å². The third kappa shape index (κ3) is 3.09. The van der Waals surface area contributed by atoms with Crippen LogP contribution >= 0.6 is 0 Å². The average molecular weight is 219 g/mol. The summed E-state index contributed by atoms with van der Waals surface area (Å²) in [5.74, 6) is 0.358. The Morgan fingerprint density at radius 1 is 1.25 bits per heavy atom. The molecule has 1 atom stereocenters. The molecule has 88 valence electrons. The lowest BCUT2D eigenvalue weighted by Crippen LogP contribution is -2.10. The number of Topliss-reactive ketones (excluding diaryl/α,β-unsaturated/α-hetero) is 1. The molecule has 1 aromatic carbocycles. The van der Waals surface area contributed by atoms with E-state index in [1.807, 2.05) is 40.1 Å². The monoisotopic (exact) mass is 219 g/mol. The van der Waals surface area contributed by atoms with Gasteiger partial charge in [-0.3, -0.25) is 4.79 Å². The van der Waals surface area contributed by atoms with E-state index in [2.05, 4.69) is 17.0 Å². The highest BCUT2D eigenvalue weighted by Gasteiger charge is 2.13. The summed E-state index contributed by atoms with van der Waals surface area (Å²) in [7, 11) is 4.03. The highest BCUT2D eigenvalue weighted by molar-refractivity contribution is 5.85. The number of carbonyl (C=O) groups is 1. The average Bonchev–Trinajstić information content (AvgIpc) is 2.28. The predicted molar refractivity (Wildman–Crippen MR) is 69.1 cm³/mol. The zero-order chi connectivity index (χ0) is 12.1. The number of nitrogens with zero attached hydrogens (tertiary/aromatic N) is 1. The minimum absolute atomic E-state index is 0.0242. The van der Waals surface area contributed by atoms with Gasteiger partial charge >= 0.3 is 0 Å². The molecule has 1 aromatic rings. The van der Waals surface area contributed by atoms with Gasteiger partial charge in [0.1, 0.15) is 5.78 Å². The van der Waals surface area contributed by atoms with Gasteiger partial charge in [0.25, 0.3) is 0 Å². The van der Waals surface area contributed by atoms with Crippen LogP contribution in [0.1, 0.15) is 38.2 Å². The van der Waals surface area contributed by atoms with E-state index in [1.165, 1.54) is 5.69 Å². The maximum Gasteiger partial charge on any atom is 0.140 e. The highest BCUT2D eigenvalue weighted by atomic mass is 16.1. The van der Waals surface area contributed by atoms with Gasteiger partial charge in [-0.05, 0) is 24.1 Å². The molecule has 0 aliphatic carbocycles. The van der Waals surface area contributed by atoms with Crippen LogP contribution in [0.3, 0.4) is 0 Å². The Balaban J connectivity index is 2.77. The van der Waals surface area contributed by atoms with Crippen molar-refractivity contribution in [2.45, 2.75) is 32.6 Å². The molecule has 0 fully saturated rings. The highest BCUT2D eigenvalue weighted by Crippen LogP contribution is 2.21. The summed E-state index contributed by atoms with van der Waals surface area (Å²) in [5.41, 5.74) is 2.28. The van der Waals surface area contributed by atoms with Crippen molar-refractivity contribution in [3.63, 3.8) is 0 Å². The lowest BCUT2D eigenvalue weighted by molar-refractivity contribution is -0.120. The first kappa shape index (κ1) is 12.8. The zero-order valence-electron chi connectivity index (χ0n) is 10.7. The zero-order valence-corrected chi connectivity index (χ0v) is 10.7. The number of carbonyl (C=O) groups excluding carboxylic acids is 1. The number of hydrogen-bond donors (Lipinski definition) is 0. The van der Waals surface area contributed by atoms with E-state index in [4.69, 9.17) is 0 Å². The predicted octanol–water partition coefficient (Wildman–Crippen LogP) is 3.23. The number of ketones is 1. The number of rotatable bonds is 5. The number of benzene rings is 1. The maximum atomic E-state index is 11.8. The van der Waals surface area contributed by atoms with E-state index < -0.39 is 0 Å². The van der Waals surface area contributed by atoms with Crippen molar-refractivity contribution in [3.05, 3.63) is 29.8 Å². The molecular formula is C14H21NO. The lowest BCUT2D eigenvalue weighted by Gasteiger charge is -2.15. The van der Waals surface area contributed by atoms with Crippen LogP contribution in [-0.2, 0) is 4.79 Å². The van der Waals surface area contributed by atoms with Crippen LogP contribution in [0.25, 0.3) is 0 Å². The van der Waals surface area contributed by atoms with Crippen LogP contribution in [-0.4, -0.2) is 19.9 Å². The molecule has 0 aromatic heterocycles. The van der Waals surface area contributed by atoms with Gasteiger partial charge in [0.05, 0.1) is 0 Å². The van der Waals surface area contributed by atoms with E-state index in [-0.39, 0.29) is 5.92 Å². The van der Waals surface area contributed by atoms with Crippen LogP contribution in [0.4, 0.5) is 5.69 Å². The Morgan fingerprint density at radius 2 is 1.81 bits per heavy atom. The SMILES string of the molecule is CCCC(=O)C(C)c1ccc(N(C)C)cc1. The molecule has 0 bridgehead atoms. The largest absolute Gasteiger partial charge is 0.378 e. The molecule has 0 saturated carbocycles. The minimum Gasteiger partial charge on any atom is -0.378 e. The van der Waals surface area contributed by atoms with Gasteiger partial charge in [0.15, 0.2) is 0 Å². The standard InChI is InChI=1S/C14H21NO/c1-5-6-14(16)11(2)12-7-9-13(10-8-12)15(3)4/h7-11H,5-6H2,1-4H3. The molecule has 0 amide bonds. The Bertz CT molecular complexity index is 340. The maximum absolute atomic E-state index is 11.8.